The molecule has 1 atom stereocenters. The van der Waals surface area contributed by atoms with Crippen LogP contribution in [0.4, 0.5) is 5.69 Å². The number of rotatable bonds is 4. The first-order valence-corrected chi connectivity index (χ1v) is 6.97. The highest BCUT2D eigenvalue weighted by Gasteiger charge is 2.20. The summed E-state index contributed by atoms with van der Waals surface area (Å²) < 4.78 is 5.68. The summed E-state index contributed by atoms with van der Waals surface area (Å²) in [5, 5.41) is 0.817. The summed E-state index contributed by atoms with van der Waals surface area (Å²) in [6.45, 7) is 5.42. The van der Waals surface area contributed by atoms with E-state index >= 15 is 0 Å². The Morgan fingerprint density at radius 2 is 2.33 bits per heavy atom. The summed E-state index contributed by atoms with van der Waals surface area (Å²) in [6.07, 6.45) is 2.23. The van der Waals surface area contributed by atoms with Crippen LogP contribution in [0.3, 0.4) is 0 Å². The Labute approximate surface area is 114 Å². The van der Waals surface area contributed by atoms with Crippen LogP contribution in [-0.2, 0) is 11.2 Å². The van der Waals surface area contributed by atoms with Crippen molar-refractivity contribution < 1.29 is 4.74 Å². The lowest BCUT2D eigenvalue weighted by Gasteiger charge is -2.34. The number of anilines is 1. The van der Waals surface area contributed by atoms with E-state index in [1.165, 1.54) is 5.56 Å². The summed E-state index contributed by atoms with van der Waals surface area (Å²) in [7, 11) is 0. The molecule has 1 aliphatic heterocycles. The molecule has 4 heteroatoms. The number of hydrogen-bond donors (Lipinski definition) is 1. The molecular formula is C14H21ClN2O. The van der Waals surface area contributed by atoms with Crippen LogP contribution in [0, 0.1) is 0 Å². The van der Waals surface area contributed by atoms with Crippen LogP contribution in [-0.4, -0.2) is 32.3 Å². The van der Waals surface area contributed by atoms with Gasteiger partial charge in [0.15, 0.2) is 0 Å². The lowest BCUT2D eigenvalue weighted by atomic mass is 10.1. The van der Waals surface area contributed by atoms with E-state index in [-0.39, 0.29) is 0 Å². The van der Waals surface area contributed by atoms with Gasteiger partial charge in [0.05, 0.1) is 23.4 Å². The van der Waals surface area contributed by atoms with Crippen molar-refractivity contribution >= 4 is 17.3 Å². The predicted molar refractivity (Wildman–Crippen MR) is 76.5 cm³/mol. The van der Waals surface area contributed by atoms with Crippen molar-refractivity contribution in [2.24, 2.45) is 5.73 Å². The summed E-state index contributed by atoms with van der Waals surface area (Å²) in [4.78, 5) is 2.31. The topological polar surface area (TPSA) is 38.5 Å². The second kappa shape index (κ2) is 6.41. The lowest BCUT2D eigenvalue weighted by molar-refractivity contribution is 0.0384. The van der Waals surface area contributed by atoms with Crippen molar-refractivity contribution in [3.05, 3.63) is 28.8 Å². The summed E-state index contributed by atoms with van der Waals surface area (Å²) in [5.74, 6) is 0. The first kappa shape index (κ1) is 13.7. The SMILES string of the molecule is CCC1CN(c2ccc(CCN)cc2Cl)CCO1. The van der Waals surface area contributed by atoms with Gasteiger partial charge in [0.25, 0.3) is 0 Å². The minimum absolute atomic E-state index is 0.318. The average molecular weight is 269 g/mol. The molecule has 18 heavy (non-hydrogen) atoms. The van der Waals surface area contributed by atoms with Crippen molar-refractivity contribution in [2.75, 3.05) is 31.1 Å². The zero-order valence-electron chi connectivity index (χ0n) is 10.9. The molecule has 1 unspecified atom stereocenters. The Balaban J connectivity index is 2.12. The Morgan fingerprint density at radius 1 is 1.50 bits per heavy atom. The van der Waals surface area contributed by atoms with Crippen molar-refractivity contribution in [2.45, 2.75) is 25.9 Å². The number of nitrogens with zero attached hydrogens (tertiary/aromatic N) is 1. The molecule has 3 nitrogen and oxygen atoms in total. The van der Waals surface area contributed by atoms with E-state index in [0.29, 0.717) is 12.6 Å². The molecule has 0 spiro atoms. The zero-order valence-corrected chi connectivity index (χ0v) is 11.6. The number of benzene rings is 1. The predicted octanol–water partition coefficient (Wildman–Crippen LogP) is 2.46. The highest BCUT2D eigenvalue weighted by molar-refractivity contribution is 6.33. The van der Waals surface area contributed by atoms with Crippen LogP contribution < -0.4 is 10.6 Å². The third-order valence-corrected chi connectivity index (χ3v) is 3.68. The summed E-state index contributed by atoms with van der Waals surface area (Å²) in [5.41, 5.74) is 7.87. The van der Waals surface area contributed by atoms with Gasteiger partial charge >= 0.3 is 0 Å². The molecule has 1 aromatic carbocycles. The Kier molecular flexibility index (Phi) is 4.87. The molecule has 100 valence electrons. The first-order valence-electron chi connectivity index (χ1n) is 6.59. The molecule has 1 saturated heterocycles. The monoisotopic (exact) mass is 268 g/mol. The van der Waals surface area contributed by atoms with Gasteiger partial charge in [0.1, 0.15) is 0 Å². The van der Waals surface area contributed by atoms with Crippen LogP contribution in [0.25, 0.3) is 0 Å². The van der Waals surface area contributed by atoms with E-state index in [4.69, 9.17) is 22.1 Å². The maximum Gasteiger partial charge on any atom is 0.0748 e. The molecule has 1 aliphatic rings. The molecule has 0 amide bonds. The van der Waals surface area contributed by atoms with Crippen LogP contribution in [0.2, 0.25) is 5.02 Å². The second-order valence-corrected chi connectivity index (χ2v) is 5.08. The standard InChI is InChI=1S/C14H21ClN2O/c1-2-12-10-17(7-8-18-12)14-4-3-11(5-6-16)9-13(14)15/h3-4,9,12H,2,5-8,10,16H2,1H3. The highest BCUT2D eigenvalue weighted by atomic mass is 35.5. The van der Waals surface area contributed by atoms with Crippen molar-refractivity contribution in [1.29, 1.82) is 0 Å². The van der Waals surface area contributed by atoms with Gasteiger partial charge in [-0.3, -0.25) is 0 Å². The van der Waals surface area contributed by atoms with E-state index in [9.17, 15) is 0 Å². The number of ether oxygens (including phenoxy) is 1. The molecular weight excluding hydrogens is 248 g/mol. The smallest absolute Gasteiger partial charge is 0.0748 e. The highest BCUT2D eigenvalue weighted by Crippen LogP contribution is 2.28. The van der Waals surface area contributed by atoms with Crippen LogP contribution in [0.15, 0.2) is 18.2 Å². The molecule has 0 saturated carbocycles. The lowest BCUT2D eigenvalue weighted by Crippen LogP contribution is -2.42. The third kappa shape index (κ3) is 3.16. The fourth-order valence-corrected chi connectivity index (χ4v) is 2.64. The second-order valence-electron chi connectivity index (χ2n) is 4.67. The van der Waals surface area contributed by atoms with Crippen molar-refractivity contribution in [1.82, 2.24) is 0 Å². The van der Waals surface area contributed by atoms with E-state index in [1.54, 1.807) is 0 Å². The maximum absolute atomic E-state index is 6.37. The van der Waals surface area contributed by atoms with Gasteiger partial charge in [-0.25, -0.2) is 0 Å². The molecule has 0 aliphatic carbocycles. The van der Waals surface area contributed by atoms with Gasteiger partial charge in [-0.15, -0.1) is 0 Å². The van der Waals surface area contributed by atoms with E-state index in [1.807, 2.05) is 6.07 Å². The fourth-order valence-electron chi connectivity index (χ4n) is 2.31. The summed E-state index contributed by atoms with van der Waals surface area (Å²) >= 11 is 6.37. The van der Waals surface area contributed by atoms with Crippen molar-refractivity contribution in [3.8, 4) is 0 Å². The Morgan fingerprint density at radius 3 is 3.00 bits per heavy atom. The zero-order chi connectivity index (χ0) is 13.0. The average Bonchev–Trinajstić information content (AvgIpc) is 2.39. The molecule has 1 heterocycles. The number of morpholine rings is 1. The molecule has 0 radical (unpaired) electrons. The molecule has 0 bridgehead atoms. The molecule has 1 aromatic rings. The quantitative estimate of drug-likeness (QED) is 0.912. The van der Waals surface area contributed by atoms with Crippen LogP contribution in [0.5, 0.6) is 0 Å². The van der Waals surface area contributed by atoms with Gasteiger partial charge in [0.2, 0.25) is 0 Å². The van der Waals surface area contributed by atoms with Crippen LogP contribution >= 0.6 is 11.6 Å². The van der Waals surface area contributed by atoms with Gasteiger partial charge < -0.3 is 15.4 Å². The third-order valence-electron chi connectivity index (χ3n) is 3.38. The molecule has 1 fully saturated rings. The maximum atomic E-state index is 6.37. The first-order chi connectivity index (χ1) is 8.74. The Hall–Kier alpha value is -0.770. The summed E-state index contributed by atoms with van der Waals surface area (Å²) in [6, 6.07) is 6.25. The molecule has 0 aromatic heterocycles. The minimum atomic E-state index is 0.318. The normalized spacial score (nSPS) is 20.2. The van der Waals surface area contributed by atoms with Gasteiger partial charge in [-0.1, -0.05) is 24.6 Å². The van der Waals surface area contributed by atoms with Crippen LogP contribution in [0.1, 0.15) is 18.9 Å². The van der Waals surface area contributed by atoms with Gasteiger partial charge in [0, 0.05) is 13.1 Å². The fraction of sp³-hybridized carbons (Fsp3) is 0.571. The van der Waals surface area contributed by atoms with E-state index in [2.05, 4.69) is 24.0 Å². The minimum Gasteiger partial charge on any atom is -0.375 e. The molecule has 2 rings (SSSR count). The molecule has 2 N–H and O–H groups in total. The largest absolute Gasteiger partial charge is 0.375 e. The number of nitrogens with two attached hydrogens (primary N) is 1. The van der Waals surface area contributed by atoms with E-state index in [0.717, 1.165) is 43.2 Å². The Bertz CT molecular complexity index is 397. The van der Waals surface area contributed by atoms with Crippen molar-refractivity contribution in [3.63, 3.8) is 0 Å². The number of hydrogen-bond acceptors (Lipinski definition) is 3. The number of halogens is 1. The van der Waals surface area contributed by atoms with Gasteiger partial charge in [-0.05, 0) is 37.1 Å². The van der Waals surface area contributed by atoms with E-state index < -0.39 is 0 Å². The van der Waals surface area contributed by atoms with Gasteiger partial charge in [-0.2, -0.15) is 0 Å².